The van der Waals surface area contributed by atoms with Crippen molar-refractivity contribution in [3.8, 4) is 0 Å². The van der Waals surface area contributed by atoms with E-state index < -0.39 is 0 Å². The van der Waals surface area contributed by atoms with E-state index in [1.54, 1.807) is 6.07 Å². The Morgan fingerprint density at radius 3 is 3.08 bits per heavy atom. The molecule has 0 amide bonds. The maximum absolute atomic E-state index is 10.3. The van der Waals surface area contributed by atoms with Crippen molar-refractivity contribution in [2.75, 3.05) is 6.54 Å². The molecule has 1 rings (SSSR count). The van der Waals surface area contributed by atoms with Gasteiger partial charge in [0.15, 0.2) is 6.29 Å². The van der Waals surface area contributed by atoms with E-state index in [2.05, 4.69) is 15.0 Å². The third kappa shape index (κ3) is 3.01. The van der Waals surface area contributed by atoms with Gasteiger partial charge in [0, 0.05) is 17.2 Å². The summed E-state index contributed by atoms with van der Waals surface area (Å²) in [5.74, 6) is 0. The minimum absolute atomic E-state index is 0.492. The van der Waals surface area contributed by atoms with E-state index in [-0.39, 0.29) is 0 Å². The monoisotopic (exact) mass is 178 g/mol. The quantitative estimate of drug-likeness (QED) is 0.242. The number of azide groups is 1. The molecule has 1 aromatic heterocycles. The summed E-state index contributed by atoms with van der Waals surface area (Å²) in [4.78, 5) is 15.9. The molecule has 0 unspecified atom stereocenters. The highest BCUT2D eigenvalue weighted by Crippen LogP contribution is 2.02. The summed E-state index contributed by atoms with van der Waals surface area (Å²) in [5.41, 5.74) is 9.59. The van der Waals surface area contributed by atoms with Gasteiger partial charge in [0.05, 0.1) is 5.69 Å². The van der Waals surface area contributed by atoms with Crippen molar-refractivity contribution < 1.29 is 4.79 Å². The third-order valence-corrected chi connectivity index (χ3v) is 1.66. The zero-order valence-electron chi connectivity index (χ0n) is 7.10. The molecule has 0 radical (unpaired) electrons. The van der Waals surface area contributed by atoms with Crippen molar-refractivity contribution in [2.24, 2.45) is 5.11 Å². The molecule has 5 heteroatoms. The number of H-pyrrole nitrogens is 1. The minimum Gasteiger partial charge on any atom is -0.356 e. The Balaban J connectivity index is 2.36. The molecular formula is C8H10N4O. The van der Waals surface area contributed by atoms with Crippen molar-refractivity contribution in [2.45, 2.75) is 12.8 Å². The van der Waals surface area contributed by atoms with Gasteiger partial charge in [0.25, 0.3) is 0 Å². The van der Waals surface area contributed by atoms with Crippen LogP contribution in [0.5, 0.6) is 0 Å². The summed E-state index contributed by atoms with van der Waals surface area (Å²) >= 11 is 0. The number of aldehydes is 1. The molecule has 68 valence electrons. The molecule has 1 N–H and O–H groups in total. The Hall–Kier alpha value is -1.74. The molecule has 0 saturated carbocycles. The molecule has 13 heavy (non-hydrogen) atoms. The SMILES string of the molecule is [N-]=[N+]=NCCCc1ccc(C=O)[nH]1. The van der Waals surface area contributed by atoms with E-state index >= 15 is 0 Å². The fourth-order valence-electron chi connectivity index (χ4n) is 1.06. The Morgan fingerprint density at radius 1 is 1.62 bits per heavy atom. The largest absolute Gasteiger partial charge is 0.356 e. The zero-order valence-corrected chi connectivity index (χ0v) is 7.10. The van der Waals surface area contributed by atoms with Crippen molar-refractivity contribution >= 4 is 6.29 Å². The van der Waals surface area contributed by atoms with Crippen LogP contribution < -0.4 is 0 Å². The van der Waals surface area contributed by atoms with E-state index in [0.717, 1.165) is 24.8 Å². The lowest BCUT2D eigenvalue weighted by Crippen LogP contribution is -1.88. The van der Waals surface area contributed by atoms with Crippen molar-refractivity contribution in [1.29, 1.82) is 0 Å². The Labute approximate surface area is 75.4 Å². The van der Waals surface area contributed by atoms with E-state index in [4.69, 9.17) is 5.53 Å². The van der Waals surface area contributed by atoms with Gasteiger partial charge >= 0.3 is 0 Å². The van der Waals surface area contributed by atoms with Crippen LogP contribution in [0.4, 0.5) is 0 Å². The first-order chi connectivity index (χ1) is 6.36. The number of carbonyl (C=O) groups is 1. The van der Waals surface area contributed by atoms with Gasteiger partial charge in [0.1, 0.15) is 0 Å². The number of aromatic nitrogens is 1. The van der Waals surface area contributed by atoms with Crippen LogP contribution in [-0.2, 0) is 6.42 Å². The molecule has 1 aromatic rings. The standard InChI is InChI=1S/C8H10N4O/c9-12-10-5-1-2-7-3-4-8(6-13)11-7/h3-4,6,11H,1-2,5H2. The van der Waals surface area contributed by atoms with Crippen molar-refractivity contribution in [3.05, 3.63) is 34.0 Å². The van der Waals surface area contributed by atoms with Gasteiger partial charge in [0.2, 0.25) is 0 Å². The summed E-state index contributed by atoms with van der Waals surface area (Å²) in [6.07, 6.45) is 2.37. The Morgan fingerprint density at radius 2 is 2.46 bits per heavy atom. The second-order valence-corrected chi connectivity index (χ2v) is 2.61. The van der Waals surface area contributed by atoms with E-state index in [1.165, 1.54) is 0 Å². The molecule has 0 atom stereocenters. The zero-order chi connectivity index (χ0) is 9.52. The van der Waals surface area contributed by atoms with Gasteiger partial charge in [-0.05, 0) is 30.5 Å². The lowest BCUT2D eigenvalue weighted by Gasteiger charge is -1.92. The normalized spacial score (nSPS) is 9.23. The molecule has 0 aromatic carbocycles. The van der Waals surface area contributed by atoms with Crippen LogP contribution in [0.25, 0.3) is 10.4 Å². The first-order valence-corrected chi connectivity index (χ1v) is 4.00. The van der Waals surface area contributed by atoms with Crippen LogP contribution >= 0.6 is 0 Å². The summed E-state index contributed by atoms with van der Waals surface area (Å²) in [6, 6.07) is 3.59. The van der Waals surface area contributed by atoms with Crippen LogP contribution in [0.1, 0.15) is 22.6 Å². The lowest BCUT2D eigenvalue weighted by molar-refractivity contribution is 0.111. The second kappa shape index (κ2) is 5.00. The van der Waals surface area contributed by atoms with Gasteiger partial charge < -0.3 is 4.98 Å². The fourth-order valence-corrected chi connectivity index (χ4v) is 1.06. The number of carbonyl (C=O) groups excluding carboxylic acids is 1. The number of nitrogens with zero attached hydrogens (tertiary/aromatic N) is 3. The highest BCUT2D eigenvalue weighted by molar-refractivity contribution is 5.71. The van der Waals surface area contributed by atoms with E-state index in [0.29, 0.717) is 12.2 Å². The van der Waals surface area contributed by atoms with Gasteiger partial charge in [-0.15, -0.1) is 0 Å². The van der Waals surface area contributed by atoms with Crippen LogP contribution in [0, 0.1) is 0 Å². The molecule has 0 spiro atoms. The summed E-state index contributed by atoms with van der Waals surface area (Å²) in [6.45, 7) is 0.492. The molecular weight excluding hydrogens is 168 g/mol. The number of nitrogens with one attached hydrogen (secondary N) is 1. The topological polar surface area (TPSA) is 81.6 Å². The van der Waals surface area contributed by atoms with Crippen LogP contribution in [0.3, 0.4) is 0 Å². The first-order valence-electron chi connectivity index (χ1n) is 4.00. The maximum atomic E-state index is 10.3. The highest BCUT2D eigenvalue weighted by atomic mass is 16.1. The van der Waals surface area contributed by atoms with Gasteiger partial charge in [-0.2, -0.15) is 0 Å². The van der Waals surface area contributed by atoms with Crippen molar-refractivity contribution in [3.63, 3.8) is 0 Å². The average molecular weight is 178 g/mol. The molecule has 0 saturated heterocycles. The highest BCUT2D eigenvalue weighted by Gasteiger charge is 1.96. The van der Waals surface area contributed by atoms with E-state index in [9.17, 15) is 4.79 Å². The van der Waals surface area contributed by atoms with Gasteiger partial charge in [-0.25, -0.2) is 0 Å². The Bertz CT molecular complexity index is 325. The predicted molar refractivity (Wildman–Crippen MR) is 48.5 cm³/mol. The molecule has 0 aliphatic heterocycles. The second-order valence-electron chi connectivity index (χ2n) is 2.61. The number of rotatable bonds is 5. The van der Waals surface area contributed by atoms with Gasteiger partial charge in [-0.1, -0.05) is 5.11 Å². The molecule has 0 aliphatic rings. The molecule has 5 nitrogen and oxygen atoms in total. The van der Waals surface area contributed by atoms with Crippen LogP contribution in [0.15, 0.2) is 17.2 Å². The molecule has 0 bridgehead atoms. The average Bonchev–Trinajstić information content (AvgIpc) is 2.60. The fraction of sp³-hybridized carbons (Fsp3) is 0.375. The number of aryl methyl sites for hydroxylation is 1. The predicted octanol–water partition coefficient (Wildman–Crippen LogP) is 2.07. The van der Waals surface area contributed by atoms with Crippen LogP contribution in [0.2, 0.25) is 0 Å². The maximum Gasteiger partial charge on any atom is 0.166 e. The number of hydrogen-bond acceptors (Lipinski definition) is 2. The van der Waals surface area contributed by atoms with Crippen LogP contribution in [-0.4, -0.2) is 17.8 Å². The van der Waals surface area contributed by atoms with Gasteiger partial charge in [-0.3, -0.25) is 4.79 Å². The number of aromatic amines is 1. The van der Waals surface area contributed by atoms with E-state index in [1.807, 2.05) is 6.07 Å². The lowest BCUT2D eigenvalue weighted by atomic mass is 10.2. The Kier molecular flexibility index (Phi) is 3.60. The summed E-state index contributed by atoms with van der Waals surface area (Å²) in [7, 11) is 0. The smallest absolute Gasteiger partial charge is 0.166 e. The van der Waals surface area contributed by atoms with Crippen molar-refractivity contribution in [1.82, 2.24) is 4.98 Å². The molecule has 1 heterocycles. The molecule has 0 fully saturated rings. The number of hydrogen-bond donors (Lipinski definition) is 1. The summed E-state index contributed by atoms with van der Waals surface area (Å²) in [5, 5.41) is 3.41. The first kappa shape index (κ1) is 9.35. The summed E-state index contributed by atoms with van der Waals surface area (Å²) < 4.78 is 0. The minimum atomic E-state index is 0.492. The molecule has 0 aliphatic carbocycles. The third-order valence-electron chi connectivity index (χ3n) is 1.66.